The summed E-state index contributed by atoms with van der Waals surface area (Å²) in [5.74, 6) is 1.42. The predicted octanol–water partition coefficient (Wildman–Crippen LogP) is 1.11. The van der Waals surface area contributed by atoms with Gasteiger partial charge in [0.2, 0.25) is 11.8 Å². The molecule has 0 spiro atoms. The number of likely N-dealkylation sites (N-methyl/N-ethyl adjacent to an activating group) is 1. The van der Waals surface area contributed by atoms with Gasteiger partial charge in [-0.2, -0.15) is 0 Å². The summed E-state index contributed by atoms with van der Waals surface area (Å²) in [5.41, 5.74) is 0. The Morgan fingerprint density at radius 2 is 2.12 bits per heavy atom. The number of aryl methyl sites for hydroxylation is 1. The highest BCUT2D eigenvalue weighted by atomic mass is 16.4. The molecule has 1 aromatic rings. The van der Waals surface area contributed by atoms with Crippen molar-refractivity contribution in [3.63, 3.8) is 0 Å². The Hall–Kier alpha value is -1.36. The summed E-state index contributed by atoms with van der Waals surface area (Å²) in [7, 11) is 3.47. The quantitative estimate of drug-likeness (QED) is 0.834. The van der Waals surface area contributed by atoms with Crippen molar-refractivity contribution < 1.29 is 9.21 Å². The number of amides is 1. The summed E-state index contributed by atoms with van der Waals surface area (Å²) in [6, 6.07) is -0.329. The van der Waals surface area contributed by atoms with Gasteiger partial charge in [-0.05, 0) is 20.8 Å². The lowest BCUT2D eigenvalue weighted by Crippen LogP contribution is -2.42. The third kappa shape index (κ3) is 3.06. The molecule has 90 valence electrons. The fourth-order valence-electron chi connectivity index (χ4n) is 1.48. The van der Waals surface area contributed by atoms with Crippen molar-refractivity contribution in [2.24, 2.45) is 0 Å². The first-order chi connectivity index (χ1) is 7.41. The van der Waals surface area contributed by atoms with Crippen LogP contribution in [0.5, 0.6) is 0 Å². The van der Waals surface area contributed by atoms with E-state index < -0.39 is 0 Å². The molecule has 0 saturated carbocycles. The second kappa shape index (κ2) is 5.12. The van der Waals surface area contributed by atoms with Gasteiger partial charge in [0.1, 0.15) is 5.76 Å². The number of nitrogens with one attached hydrogen (secondary N) is 1. The van der Waals surface area contributed by atoms with Crippen LogP contribution in [0, 0.1) is 6.92 Å². The maximum Gasteiger partial charge on any atom is 0.238 e. The third-order valence-corrected chi connectivity index (χ3v) is 2.32. The molecule has 0 saturated heterocycles. The second-order valence-corrected chi connectivity index (χ2v) is 4.15. The zero-order valence-corrected chi connectivity index (χ0v) is 10.4. The Morgan fingerprint density at radius 1 is 1.50 bits per heavy atom. The Bertz CT molecular complexity index is 360. The van der Waals surface area contributed by atoms with Crippen molar-refractivity contribution in [3.05, 3.63) is 17.8 Å². The first kappa shape index (κ1) is 12.7. The van der Waals surface area contributed by atoms with Gasteiger partial charge < -0.3 is 9.32 Å². The number of carbonyl (C=O) groups excluding carboxylic acids is 1. The molecule has 16 heavy (non-hydrogen) atoms. The molecule has 2 unspecified atom stereocenters. The molecule has 1 heterocycles. The maximum absolute atomic E-state index is 11.6. The first-order valence-electron chi connectivity index (χ1n) is 5.31. The molecular formula is C11H19N3O2. The average Bonchev–Trinajstić information content (AvgIpc) is 2.63. The number of rotatable bonds is 4. The fourth-order valence-corrected chi connectivity index (χ4v) is 1.48. The second-order valence-electron chi connectivity index (χ2n) is 4.15. The van der Waals surface area contributed by atoms with Crippen LogP contribution >= 0.6 is 0 Å². The minimum atomic E-state index is -0.253. The molecule has 1 aromatic heterocycles. The number of carbonyl (C=O) groups is 1. The van der Waals surface area contributed by atoms with Gasteiger partial charge in [0, 0.05) is 14.1 Å². The van der Waals surface area contributed by atoms with Crippen LogP contribution in [0.15, 0.2) is 10.6 Å². The van der Waals surface area contributed by atoms with Gasteiger partial charge in [-0.15, -0.1) is 0 Å². The van der Waals surface area contributed by atoms with Gasteiger partial charge in [-0.25, -0.2) is 4.98 Å². The molecule has 1 N–H and O–H groups in total. The Balaban J connectivity index is 2.58. The van der Waals surface area contributed by atoms with Crippen LogP contribution in [0.2, 0.25) is 0 Å². The topological polar surface area (TPSA) is 58.4 Å². The highest BCUT2D eigenvalue weighted by Crippen LogP contribution is 2.12. The summed E-state index contributed by atoms with van der Waals surface area (Å²) in [4.78, 5) is 17.3. The van der Waals surface area contributed by atoms with Gasteiger partial charge in [-0.3, -0.25) is 10.1 Å². The van der Waals surface area contributed by atoms with Gasteiger partial charge in [0.05, 0.1) is 18.3 Å². The van der Waals surface area contributed by atoms with E-state index in [4.69, 9.17) is 4.42 Å². The Labute approximate surface area is 95.8 Å². The molecular weight excluding hydrogens is 206 g/mol. The Kier molecular flexibility index (Phi) is 4.06. The summed E-state index contributed by atoms with van der Waals surface area (Å²) in [6.45, 7) is 5.59. The molecule has 5 nitrogen and oxygen atoms in total. The highest BCUT2D eigenvalue weighted by Gasteiger charge is 2.19. The third-order valence-electron chi connectivity index (χ3n) is 2.32. The summed E-state index contributed by atoms with van der Waals surface area (Å²) < 4.78 is 5.39. The molecule has 1 rings (SSSR count). The zero-order chi connectivity index (χ0) is 12.3. The number of oxazole rings is 1. The monoisotopic (exact) mass is 225 g/mol. The number of hydrogen-bond acceptors (Lipinski definition) is 4. The summed E-state index contributed by atoms with van der Waals surface area (Å²) >= 11 is 0. The van der Waals surface area contributed by atoms with Crippen LogP contribution in [-0.4, -0.2) is 35.9 Å². The van der Waals surface area contributed by atoms with Crippen LogP contribution in [0.4, 0.5) is 0 Å². The van der Waals surface area contributed by atoms with Crippen LogP contribution in [0.3, 0.4) is 0 Å². The van der Waals surface area contributed by atoms with Gasteiger partial charge in [-0.1, -0.05) is 0 Å². The van der Waals surface area contributed by atoms with Crippen LogP contribution < -0.4 is 5.32 Å². The predicted molar refractivity (Wildman–Crippen MR) is 60.9 cm³/mol. The molecule has 1 amide bonds. The van der Waals surface area contributed by atoms with E-state index in [1.165, 1.54) is 0 Å². The lowest BCUT2D eigenvalue weighted by molar-refractivity contribution is -0.130. The molecule has 5 heteroatoms. The molecule has 0 aliphatic rings. The highest BCUT2D eigenvalue weighted by molar-refractivity contribution is 5.80. The van der Waals surface area contributed by atoms with Gasteiger partial charge in [0.25, 0.3) is 0 Å². The number of aromatic nitrogens is 1. The van der Waals surface area contributed by atoms with Crippen molar-refractivity contribution in [2.45, 2.75) is 32.9 Å². The van der Waals surface area contributed by atoms with E-state index >= 15 is 0 Å². The van der Waals surface area contributed by atoms with Gasteiger partial charge >= 0.3 is 0 Å². The van der Waals surface area contributed by atoms with E-state index in [1.54, 1.807) is 25.2 Å². The Morgan fingerprint density at radius 3 is 2.56 bits per heavy atom. The number of nitrogens with zero attached hydrogens (tertiary/aromatic N) is 2. The normalized spacial score (nSPS) is 14.6. The molecule has 0 aromatic carbocycles. The van der Waals surface area contributed by atoms with E-state index in [0.29, 0.717) is 5.89 Å². The average molecular weight is 225 g/mol. The first-order valence-corrected chi connectivity index (χ1v) is 5.31. The molecule has 0 fully saturated rings. The minimum Gasteiger partial charge on any atom is -0.444 e. The minimum absolute atomic E-state index is 0.0372. The van der Waals surface area contributed by atoms with Crippen LogP contribution in [0.1, 0.15) is 31.5 Å². The summed E-state index contributed by atoms with van der Waals surface area (Å²) in [6.07, 6.45) is 1.67. The van der Waals surface area contributed by atoms with Crippen LogP contribution in [-0.2, 0) is 4.79 Å². The molecule has 0 radical (unpaired) electrons. The maximum atomic E-state index is 11.6. The van der Waals surface area contributed by atoms with Gasteiger partial charge in [0.15, 0.2) is 0 Å². The smallest absolute Gasteiger partial charge is 0.238 e. The van der Waals surface area contributed by atoms with E-state index in [2.05, 4.69) is 10.3 Å². The fraction of sp³-hybridized carbons (Fsp3) is 0.636. The van der Waals surface area contributed by atoms with Crippen molar-refractivity contribution in [2.75, 3.05) is 14.1 Å². The standard InChI is InChI=1S/C11H19N3O2/c1-7-6-12-10(16-7)8(2)13-9(3)11(15)14(4)5/h6,8-9,13H,1-5H3. The molecule has 0 aliphatic carbocycles. The molecule has 0 bridgehead atoms. The van der Waals surface area contributed by atoms with E-state index in [9.17, 15) is 4.79 Å². The lowest BCUT2D eigenvalue weighted by atomic mass is 10.2. The van der Waals surface area contributed by atoms with Crippen LogP contribution in [0.25, 0.3) is 0 Å². The molecule has 2 atom stereocenters. The lowest BCUT2D eigenvalue weighted by Gasteiger charge is -2.20. The summed E-state index contributed by atoms with van der Waals surface area (Å²) in [5, 5.41) is 3.14. The SMILES string of the molecule is Cc1cnc(C(C)NC(C)C(=O)N(C)C)o1. The van der Waals surface area contributed by atoms with Crippen molar-refractivity contribution in [1.82, 2.24) is 15.2 Å². The largest absolute Gasteiger partial charge is 0.444 e. The van der Waals surface area contributed by atoms with E-state index in [1.807, 2.05) is 20.8 Å². The van der Waals surface area contributed by atoms with Crippen molar-refractivity contribution >= 4 is 5.91 Å². The molecule has 0 aliphatic heterocycles. The van der Waals surface area contributed by atoms with E-state index in [0.717, 1.165) is 5.76 Å². The van der Waals surface area contributed by atoms with Crippen molar-refractivity contribution in [3.8, 4) is 0 Å². The van der Waals surface area contributed by atoms with E-state index in [-0.39, 0.29) is 18.0 Å². The number of hydrogen-bond donors (Lipinski definition) is 1. The zero-order valence-electron chi connectivity index (χ0n) is 10.4. The van der Waals surface area contributed by atoms with Crippen molar-refractivity contribution in [1.29, 1.82) is 0 Å².